The van der Waals surface area contributed by atoms with E-state index in [1.807, 2.05) is 6.07 Å². The molecule has 0 aliphatic rings. The predicted octanol–water partition coefficient (Wildman–Crippen LogP) is 6.65. The lowest BCUT2D eigenvalue weighted by Gasteiger charge is -2.10. The Balaban J connectivity index is 1.47. The van der Waals surface area contributed by atoms with Crippen LogP contribution in [0.2, 0.25) is 10.0 Å². The van der Waals surface area contributed by atoms with E-state index >= 15 is 0 Å². The summed E-state index contributed by atoms with van der Waals surface area (Å²) in [6.45, 7) is 0.146. The first kappa shape index (κ1) is 21.7. The van der Waals surface area contributed by atoms with Crippen LogP contribution in [-0.2, 0) is 6.61 Å². The summed E-state index contributed by atoms with van der Waals surface area (Å²) < 4.78 is 11.2. The molecule has 0 radical (unpaired) electrons. The van der Waals surface area contributed by atoms with Gasteiger partial charge in [-0.05, 0) is 54.6 Å². The van der Waals surface area contributed by atoms with E-state index in [0.717, 1.165) is 0 Å². The van der Waals surface area contributed by atoms with E-state index in [1.165, 1.54) is 6.07 Å². The van der Waals surface area contributed by atoms with Crippen molar-refractivity contribution in [2.24, 2.45) is 0 Å². The summed E-state index contributed by atoms with van der Waals surface area (Å²) in [6.07, 6.45) is 0. The van der Waals surface area contributed by atoms with Crippen LogP contribution in [0, 0.1) is 0 Å². The molecule has 4 aromatic rings. The van der Waals surface area contributed by atoms with Gasteiger partial charge in [0, 0.05) is 21.2 Å². The highest BCUT2D eigenvalue weighted by Gasteiger charge is 2.18. The van der Waals surface area contributed by atoms with Gasteiger partial charge in [-0.2, -0.15) is 0 Å². The average molecular weight is 466 g/mol. The van der Waals surface area contributed by atoms with Crippen molar-refractivity contribution < 1.29 is 18.7 Å². The van der Waals surface area contributed by atoms with E-state index in [9.17, 15) is 9.59 Å². The SMILES string of the molecule is O=C(Nc1ccc(Cl)cc1C(=O)c1ccccc1)c1ccc(COc2ccc(Cl)cc2)o1. The molecule has 3 aromatic carbocycles. The molecule has 7 heteroatoms. The monoisotopic (exact) mass is 465 g/mol. The zero-order chi connectivity index (χ0) is 22.5. The molecule has 1 N–H and O–H groups in total. The number of carbonyl (C=O) groups excluding carboxylic acids is 2. The number of furan rings is 1. The summed E-state index contributed by atoms with van der Waals surface area (Å²) >= 11 is 12.0. The standard InChI is InChI=1S/C25H17Cl2NO4/c26-17-6-9-19(10-7-17)31-15-20-11-13-23(32-20)25(30)28-22-12-8-18(27)14-21(22)24(29)16-4-2-1-3-5-16/h1-14H,15H2,(H,28,30). The molecule has 0 aliphatic heterocycles. The third-order valence-corrected chi connectivity index (χ3v) is 5.08. The van der Waals surface area contributed by atoms with Gasteiger partial charge in [0.25, 0.3) is 5.91 Å². The number of nitrogens with one attached hydrogen (secondary N) is 1. The highest BCUT2D eigenvalue weighted by atomic mass is 35.5. The quantitative estimate of drug-likeness (QED) is 0.310. The van der Waals surface area contributed by atoms with Crippen molar-refractivity contribution in [2.45, 2.75) is 6.61 Å². The van der Waals surface area contributed by atoms with Crippen LogP contribution in [0.25, 0.3) is 0 Å². The van der Waals surface area contributed by atoms with Crippen molar-refractivity contribution in [3.8, 4) is 5.75 Å². The van der Waals surface area contributed by atoms with Gasteiger partial charge in [0.15, 0.2) is 11.5 Å². The van der Waals surface area contributed by atoms with Crippen molar-refractivity contribution in [3.63, 3.8) is 0 Å². The zero-order valence-electron chi connectivity index (χ0n) is 16.7. The van der Waals surface area contributed by atoms with E-state index < -0.39 is 5.91 Å². The maximum absolute atomic E-state index is 12.9. The van der Waals surface area contributed by atoms with Crippen molar-refractivity contribution in [1.29, 1.82) is 0 Å². The molecule has 1 amide bonds. The maximum atomic E-state index is 12.9. The molecule has 0 unspecified atom stereocenters. The van der Waals surface area contributed by atoms with Gasteiger partial charge in [-0.3, -0.25) is 9.59 Å². The highest BCUT2D eigenvalue weighted by Crippen LogP contribution is 2.25. The minimum absolute atomic E-state index is 0.0905. The average Bonchev–Trinajstić information content (AvgIpc) is 3.29. The summed E-state index contributed by atoms with van der Waals surface area (Å²) in [6, 6.07) is 23.6. The molecule has 1 heterocycles. The Hall–Kier alpha value is -3.54. The van der Waals surface area contributed by atoms with Crippen LogP contribution in [0.5, 0.6) is 5.75 Å². The number of hydrogen-bond acceptors (Lipinski definition) is 4. The van der Waals surface area contributed by atoms with Gasteiger partial charge in [0.1, 0.15) is 18.1 Å². The van der Waals surface area contributed by atoms with E-state index in [-0.39, 0.29) is 23.7 Å². The Labute approximate surface area is 194 Å². The van der Waals surface area contributed by atoms with Crippen LogP contribution in [0.1, 0.15) is 32.2 Å². The van der Waals surface area contributed by atoms with Gasteiger partial charge in [-0.15, -0.1) is 0 Å². The number of amides is 1. The molecule has 0 bridgehead atoms. The lowest BCUT2D eigenvalue weighted by Crippen LogP contribution is -2.14. The fourth-order valence-corrected chi connectivity index (χ4v) is 3.30. The molecule has 0 aliphatic carbocycles. The highest BCUT2D eigenvalue weighted by molar-refractivity contribution is 6.31. The lowest BCUT2D eigenvalue weighted by atomic mass is 10.0. The van der Waals surface area contributed by atoms with E-state index in [0.29, 0.717) is 32.8 Å². The van der Waals surface area contributed by atoms with Crippen LogP contribution in [0.3, 0.4) is 0 Å². The zero-order valence-corrected chi connectivity index (χ0v) is 18.2. The van der Waals surface area contributed by atoms with E-state index in [2.05, 4.69) is 5.32 Å². The minimum atomic E-state index is -0.493. The first-order valence-corrected chi connectivity index (χ1v) is 10.4. The summed E-state index contributed by atoms with van der Waals surface area (Å²) in [5, 5.41) is 3.73. The summed E-state index contributed by atoms with van der Waals surface area (Å²) in [4.78, 5) is 25.7. The first-order valence-electron chi connectivity index (χ1n) is 9.67. The van der Waals surface area contributed by atoms with E-state index in [1.54, 1.807) is 72.8 Å². The van der Waals surface area contributed by atoms with Gasteiger partial charge in [-0.1, -0.05) is 53.5 Å². The minimum Gasteiger partial charge on any atom is -0.486 e. The third kappa shape index (κ3) is 5.19. The Bertz CT molecular complexity index is 1250. The van der Waals surface area contributed by atoms with E-state index in [4.69, 9.17) is 32.4 Å². The molecule has 32 heavy (non-hydrogen) atoms. The second kappa shape index (κ2) is 9.73. The molecule has 1 aromatic heterocycles. The number of rotatable bonds is 7. The number of anilines is 1. The summed E-state index contributed by atoms with van der Waals surface area (Å²) in [5.41, 5.74) is 1.11. The predicted molar refractivity (Wildman–Crippen MR) is 124 cm³/mol. The molecule has 0 atom stereocenters. The van der Waals surface area contributed by atoms with Crippen LogP contribution >= 0.6 is 23.2 Å². The number of benzene rings is 3. The number of ketones is 1. The smallest absolute Gasteiger partial charge is 0.291 e. The van der Waals surface area contributed by atoms with Crippen molar-refractivity contribution in [3.05, 3.63) is 118 Å². The van der Waals surface area contributed by atoms with Crippen molar-refractivity contribution in [1.82, 2.24) is 0 Å². The second-order valence-corrected chi connectivity index (χ2v) is 7.72. The van der Waals surface area contributed by atoms with Crippen molar-refractivity contribution in [2.75, 3.05) is 5.32 Å². The summed E-state index contributed by atoms with van der Waals surface area (Å²) in [7, 11) is 0. The molecule has 160 valence electrons. The fourth-order valence-electron chi connectivity index (χ4n) is 3.01. The van der Waals surface area contributed by atoms with Gasteiger partial charge in [0.05, 0.1) is 5.69 Å². The first-order chi connectivity index (χ1) is 15.5. The fraction of sp³-hybridized carbons (Fsp3) is 0.0400. The number of hydrogen-bond donors (Lipinski definition) is 1. The molecule has 0 saturated heterocycles. The van der Waals surface area contributed by atoms with Gasteiger partial charge >= 0.3 is 0 Å². The van der Waals surface area contributed by atoms with Crippen LogP contribution in [-0.4, -0.2) is 11.7 Å². The summed E-state index contributed by atoms with van der Waals surface area (Å²) in [5.74, 6) is 0.448. The molecular weight excluding hydrogens is 449 g/mol. The normalized spacial score (nSPS) is 10.6. The van der Waals surface area contributed by atoms with Crippen LogP contribution < -0.4 is 10.1 Å². The molecule has 0 spiro atoms. The Morgan fingerprint density at radius 2 is 1.56 bits per heavy atom. The largest absolute Gasteiger partial charge is 0.486 e. The molecule has 0 saturated carbocycles. The topological polar surface area (TPSA) is 68.5 Å². The molecule has 5 nitrogen and oxygen atoms in total. The number of halogens is 2. The Morgan fingerprint density at radius 3 is 2.31 bits per heavy atom. The number of carbonyl (C=O) groups is 2. The molecule has 0 fully saturated rings. The van der Waals surface area contributed by atoms with Gasteiger partial charge < -0.3 is 14.5 Å². The van der Waals surface area contributed by atoms with Gasteiger partial charge in [-0.25, -0.2) is 0 Å². The molecule has 4 rings (SSSR count). The Kier molecular flexibility index (Phi) is 6.59. The van der Waals surface area contributed by atoms with Crippen molar-refractivity contribution >= 4 is 40.6 Å². The molecular formula is C25H17Cl2NO4. The van der Waals surface area contributed by atoms with Gasteiger partial charge in [0.2, 0.25) is 0 Å². The van der Waals surface area contributed by atoms with Crippen LogP contribution in [0.15, 0.2) is 89.3 Å². The number of ether oxygens (including phenoxy) is 1. The lowest BCUT2D eigenvalue weighted by molar-refractivity contribution is 0.0992. The maximum Gasteiger partial charge on any atom is 0.291 e. The second-order valence-electron chi connectivity index (χ2n) is 6.85. The van der Waals surface area contributed by atoms with Crippen LogP contribution in [0.4, 0.5) is 5.69 Å². The Morgan fingerprint density at radius 1 is 0.844 bits per heavy atom. The third-order valence-electron chi connectivity index (χ3n) is 4.59.